The molecule has 6 heteroatoms. The maximum absolute atomic E-state index is 11.9. The van der Waals surface area contributed by atoms with E-state index in [4.69, 9.17) is 26.3 Å². The molecule has 1 aliphatic rings. The van der Waals surface area contributed by atoms with Gasteiger partial charge >= 0.3 is 0 Å². The molecule has 2 aromatic carbocycles. The lowest BCUT2D eigenvalue weighted by Crippen LogP contribution is -2.07. The summed E-state index contributed by atoms with van der Waals surface area (Å²) in [5.74, 6) is 0.759. The zero-order valence-electron chi connectivity index (χ0n) is 11.9. The third-order valence-electron chi connectivity index (χ3n) is 3.14. The molecule has 23 heavy (non-hydrogen) atoms. The number of amides is 1. The number of halogens is 1. The Hall–Kier alpha value is -2.97. The van der Waals surface area contributed by atoms with Crippen LogP contribution in [0.1, 0.15) is 11.1 Å². The van der Waals surface area contributed by atoms with E-state index in [-0.39, 0.29) is 12.7 Å². The minimum atomic E-state index is -0.311. The number of ether oxygens (including phenoxy) is 2. The van der Waals surface area contributed by atoms with Crippen molar-refractivity contribution >= 4 is 29.3 Å². The molecular formula is C17H11ClN2O3. The standard InChI is InChI=1S/C17H11ClN2O3/c18-14-7-11(8-15-17(14)23-10-22-15)4-5-16(21)20-13-3-1-2-12(6-13)9-19/h1-8H,10H2,(H,20,21)/b5-4+. The molecule has 1 heterocycles. The molecule has 114 valence electrons. The van der Waals surface area contributed by atoms with Crippen molar-refractivity contribution in [2.24, 2.45) is 0 Å². The number of benzene rings is 2. The highest BCUT2D eigenvalue weighted by molar-refractivity contribution is 6.32. The highest BCUT2D eigenvalue weighted by atomic mass is 35.5. The first-order chi connectivity index (χ1) is 11.2. The molecule has 0 bridgehead atoms. The van der Waals surface area contributed by atoms with E-state index in [0.717, 1.165) is 5.56 Å². The van der Waals surface area contributed by atoms with Crippen LogP contribution in [0, 0.1) is 11.3 Å². The van der Waals surface area contributed by atoms with Crippen LogP contribution in [0.3, 0.4) is 0 Å². The Morgan fingerprint density at radius 2 is 2.17 bits per heavy atom. The topological polar surface area (TPSA) is 71.4 Å². The second-order valence-corrected chi connectivity index (χ2v) is 5.16. The van der Waals surface area contributed by atoms with Gasteiger partial charge in [0, 0.05) is 11.8 Å². The summed E-state index contributed by atoms with van der Waals surface area (Å²) in [6.45, 7) is 0.137. The summed E-state index contributed by atoms with van der Waals surface area (Å²) >= 11 is 6.08. The lowest BCUT2D eigenvalue weighted by molar-refractivity contribution is -0.111. The Kier molecular flexibility index (Phi) is 4.18. The molecule has 0 unspecified atom stereocenters. The van der Waals surface area contributed by atoms with Gasteiger partial charge in [-0.3, -0.25) is 4.79 Å². The number of nitrogens with zero attached hydrogens (tertiary/aromatic N) is 1. The van der Waals surface area contributed by atoms with Gasteiger partial charge in [0.2, 0.25) is 12.7 Å². The lowest BCUT2D eigenvalue weighted by Gasteiger charge is -2.03. The van der Waals surface area contributed by atoms with Gasteiger partial charge in [0.05, 0.1) is 16.7 Å². The maximum atomic E-state index is 11.9. The van der Waals surface area contributed by atoms with Gasteiger partial charge in [0.1, 0.15) is 0 Å². The van der Waals surface area contributed by atoms with Crippen LogP contribution in [0.5, 0.6) is 11.5 Å². The first-order valence-corrected chi connectivity index (χ1v) is 7.12. The number of nitrogens with one attached hydrogen (secondary N) is 1. The highest BCUT2D eigenvalue weighted by Gasteiger charge is 2.17. The van der Waals surface area contributed by atoms with Gasteiger partial charge in [-0.05, 0) is 42.0 Å². The van der Waals surface area contributed by atoms with E-state index in [2.05, 4.69) is 5.32 Å². The van der Waals surface area contributed by atoms with E-state index in [0.29, 0.717) is 27.8 Å². The molecule has 0 aromatic heterocycles. The Labute approximate surface area is 137 Å². The summed E-state index contributed by atoms with van der Waals surface area (Å²) in [5, 5.41) is 12.0. The number of nitriles is 1. The molecule has 1 aliphatic heterocycles. The number of hydrogen-bond donors (Lipinski definition) is 1. The molecule has 0 saturated carbocycles. The zero-order chi connectivity index (χ0) is 16.2. The van der Waals surface area contributed by atoms with Gasteiger partial charge in [-0.2, -0.15) is 5.26 Å². The summed E-state index contributed by atoms with van der Waals surface area (Å²) in [5.41, 5.74) is 1.76. The molecule has 5 nitrogen and oxygen atoms in total. The quantitative estimate of drug-likeness (QED) is 0.875. The van der Waals surface area contributed by atoms with Crippen LogP contribution in [0.15, 0.2) is 42.5 Å². The van der Waals surface area contributed by atoms with Crippen LogP contribution < -0.4 is 14.8 Å². The predicted molar refractivity (Wildman–Crippen MR) is 86.4 cm³/mol. The van der Waals surface area contributed by atoms with E-state index in [1.807, 2.05) is 6.07 Å². The molecule has 0 fully saturated rings. The Morgan fingerprint density at radius 1 is 1.30 bits per heavy atom. The minimum Gasteiger partial charge on any atom is -0.454 e. The first kappa shape index (κ1) is 14.9. The zero-order valence-corrected chi connectivity index (χ0v) is 12.6. The summed E-state index contributed by atoms with van der Waals surface area (Å²) < 4.78 is 10.5. The van der Waals surface area contributed by atoms with E-state index < -0.39 is 0 Å². The number of fused-ring (bicyclic) bond motifs is 1. The van der Waals surface area contributed by atoms with Crippen molar-refractivity contribution in [1.29, 1.82) is 5.26 Å². The van der Waals surface area contributed by atoms with Gasteiger partial charge in [-0.25, -0.2) is 0 Å². The molecule has 2 aromatic rings. The van der Waals surface area contributed by atoms with Crippen molar-refractivity contribution in [2.45, 2.75) is 0 Å². The second-order valence-electron chi connectivity index (χ2n) is 4.75. The van der Waals surface area contributed by atoms with Gasteiger partial charge in [-0.15, -0.1) is 0 Å². The molecule has 0 saturated heterocycles. The first-order valence-electron chi connectivity index (χ1n) is 6.74. The maximum Gasteiger partial charge on any atom is 0.248 e. The Bertz CT molecular complexity index is 840. The molecule has 0 radical (unpaired) electrons. The van der Waals surface area contributed by atoms with Gasteiger partial charge in [0.25, 0.3) is 0 Å². The molecular weight excluding hydrogens is 316 g/mol. The van der Waals surface area contributed by atoms with Gasteiger partial charge in [-0.1, -0.05) is 17.7 Å². The molecule has 0 atom stereocenters. The van der Waals surface area contributed by atoms with Crippen molar-refractivity contribution < 1.29 is 14.3 Å². The summed E-state index contributed by atoms with van der Waals surface area (Å²) in [7, 11) is 0. The van der Waals surface area contributed by atoms with Gasteiger partial charge < -0.3 is 14.8 Å². The van der Waals surface area contributed by atoms with E-state index >= 15 is 0 Å². The van der Waals surface area contributed by atoms with Crippen molar-refractivity contribution in [2.75, 3.05) is 12.1 Å². The third kappa shape index (κ3) is 3.44. The molecule has 3 rings (SSSR count). The molecule has 1 amide bonds. The van der Waals surface area contributed by atoms with Crippen molar-refractivity contribution in [3.63, 3.8) is 0 Å². The molecule has 0 aliphatic carbocycles. The summed E-state index contributed by atoms with van der Waals surface area (Å²) in [6, 6.07) is 12.1. The molecule has 1 N–H and O–H groups in total. The Balaban J connectivity index is 1.71. The average molecular weight is 327 g/mol. The molecule has 0 spiro atoms. The largest absolute Gasteiger partial charge is 0.454 e. The normalized spacial score (nSPS) is 12.2. The summed E-state index contributed by atoms with van der Waals surface area (Å²) in [4.78, 5) is 11.9. The summed E-state index contributed by atoms with van der Waals surface area (Å²) in [6.07, 6.45) is 3.00. The lowest BCUT2D eigenvalue weighted by atomic mass is 10.2. The fourth-order valence-electron chi connectivity index (χ4n) is 2.11. The number of rotatable bonds is 3. The van der Waals surface area contributed by atoms with Crippen LogP contribution in [0.25, 0.3) is 6.08 Å². The van der Waals surface area contributed by atoms with Gasteiger partial charge in [0.15, 0.2) is 11.5 Å². The minimum absolute atomic E-state index is 0.137. The number of hydrogen-bond acceptors (Lipinski definition) is 4. The van der Waals surface area contributed by atoms with Crippen molar-refractivity contribution in [3.05, 3.63) is 58.6 Å². The fourth-order valence-corrected chi connectivity index (χ4v) is 2.38. The van der Waals surface area contributed by atoms with E-state index in [9.17, 15) is 4.79 Å². The van der Waals surface area contributed by atoms with Crippen LogP contribution >= 0.6 is 11.6 Å². The van der Waals surface area contributed by atoms with Crippen molar-refractivity contribution in [1.82, 2.24) is 0 Å². The van der Waals surface area contributed by atoms with E-state index in [1.165, 1.54) is 6.08 Å². The fraction of sp³-hybridized carbons (Fsp3) is 0.0588. The number of carbonyl (C=O) groups is 1. The number of anilines is 1. The predicted octanol–water partition coefficient (Wildman–Crippen LogP) is 3.59. The highest BCUT2D eigenvalue weighted by Crippen LogP contribution is 2.40. The van der Waals surface area contributed by atoms with Crippen LogP contribution in [0.2, 0.25) is 5.02 Å². The van der Waals surface area contributed by atoms with Crippen LogP contribution in [-0.4, -0.2) is 12.7 Å². The van der Waals surface area contributed by atoms with E-state index in [1.54, 1.807) is 42.5 Å². The third-order valence-corrected chi connectivity index (χ3v) is 3.42. The van der Waals surface area contributed by atoms with Crippen molar-refractivity contribution in [3.8, 4) is 17.6 Å². The smallest absolute Gasteiger partial charge is 0.248 e. The SMILES string of the molecule is N#Cc1cccc(NC(=O)/C=C/c2cc(Cl)c3c(c2)OCO3)c1. The van der Waals surface area contributed by atoms with Crippen LogP contribution in [0.4, 0.5) is 5.69 Å². The monoisotopic (exact) mass is 326 g/mol. The Morgan fingerprint density at radius 3 is 3.00 bits per heavy atom. The average Bonchev–Trinajstić information content (AvgIpc) is 3.02. The second kappa shape index (κ2) is 6.42. The van der Waals surface area contributed by atoms with Crippen LogP contribution in [-0.2, 0) is 4.79 Å². The number of carbonyl (C=O) groups excluding carboxylic acids is 1.